The predicted octanol–water partition coefficient (Wildman–Crippen LogP) is 0.720. The Balaban J connectivity index is 1.90. The number of likely N-dealkylation sites (N-methyl/N-ethyl adjacent to an activating group) is 1. The number of benzene rings is 1. The normalized spacial score (nSPS) is 21.0. The highest BCUT2D eigenvalue weighted by Crippen LogP contribution is 2.17. The number of hydrogen-bond acceptors (Lipinski definition) is 4. The van der Waals surface area contributed by atoms with E-state index in [9.17, 15) is 14.7 Å². The van der Waals surface area contributed by atoms with Crippen molar-refractivity contribution in [2.45, 2.75) is 18.6 Å². The molecule has 2 atom stereocenters. The van der Waals surface area contributed by atoms with Crippen molar-refractivity contribution >= 4 is 23.4 Å². The van der Waals surface area contributed by atoms with Gasteiger partial charge in [0.05, 0.1) is 18.6 Å². The van der Waals surface area contributed by atoms with Gasteiger partial charge in [0.1, 0.15) is 0 Å². The van der Waals surface area contributed by atoms with E-state index in [1.165, 1.54) is 7.05 Å². The average molecular weight is 283 g/mol. The number of halogens is 1. The number of aliphatic hydroxyl groups excluding tert-OH is 1. The third-order valence-corrected chi connectivity index (χ3v) is 3.45. The van der Waals surface area contributed by atoms with E-state index in [-0.39, 0.29) is 24.8 Å². The molecule has 2 N–H and O–H groups in total. The molecule has 19 heavy (non-hydrogen) atoms. The zero-order valence-corrected chi connectivity index (χ0v) is 11.2. The number of carbonyl (C=O) groups excluding carboxylic acids is 2. The molecule has 0 saturated carbocycles. The largest absolute Gasteiger partial charge is 0.387 e. The Morgan fingerprint density at radius 3 is 2.58 bits per heavy atom. The molecular formula is C13H15ClN2O3. The summed E-state index contributed by atoms with van der Waals surface area (Å²) in [4.78, 5) is 24.1. The molecular weight excluding hydrogens is 268 g/mol. The zero-order valence-electron chi connectivity index (χ0n) is 10.5. The van der Waals surface area contributed by atoms with Gasteiger partial charge in [-0.15, -0.1) is 0 Å². The van der Waals surface area contributed by atoms with Crippen LogP contribution in [0, 0.1) is 0 Å². The lowest BCUT2D eigenvalue weighted by Gasteiger charge is -2.15. The molecule has 0 aromatic heterocycles. The minimum atomic E-state index is -0.744. The van der Waals surface area contributed by atoms with Gasteiger partial charge in [0.2, 0.25) is 11.8 Å². The fraction of sp³-hybridized carbons (Fsp3) is 0.385. The second kappa shape index (κ2) is 5.69. The van der Waals surface area contributed by atoms with Gasteiger partial charge in [-0.3, -0.25) is 14.5 Å². The average Bonchev–Trinajstić information content (AvgIpc) is 2.64. The van der Waals surface area contributed by atoms with Gasteiger partial charge in [0.15, 0.2) is 0 Å². The van der Waals surface area contributed by atoms with E-state index in [0.29, 0.717) is 10.6 Å². The first-order chi connectivity index (χ1) is 8.99. The molecule has 1 fully saturated rings. The Morgan fingerprint density at radius 2 is 2.05 bits per heavy atom. The van der Waals surface area contributed by atoms with Crippen LogP contribution >= 0.6 is 11.6 Å². The van der Waals surface area contributed by atoms with Crippen LogP contribution in [0.3, 0.4) is 0 Å². The molecule has 0 aliphatic carbocycles. The molecule has 2 rings (SSSR count). The summed E-state index contributed by atoms with van der Waals surface area (Å²) in [6.07, 6.45) is -0.603. The number of hydrogen-bond donors (Lipinski definition) is 2. The Morgan fingerprint density at radius 1 is 1.42 bits per heavy atom. The van der Waals surface area contributed by atoms with Gasteiger partial charge in [-0.25, -0.2) is 0 Å². The summed E-state index contributed by atoms with van der Waals surface area (Å²) in [5, 5.41) is 13.5. The number of nitrogens with zero attached hydrogens (tertiary/aromatic N) is 1. The van der Waals surface area contributed by atoms with Crippen LogP contribution in [0.2, 0.25) is 5.02 Å². The van der Waals surface area contributed by atoms with Gasteiger partial charge < -0.3 is 10.4 Å². The van der Waals surface area contributed by atoms with Crippen molar-refractivity contribution < 1.29 is 14.7 Å². The molecule has 0 radical (unpaired) electrons. The lowest BCUT2D eigenvalue weighted by Crippen LogP contribution is -2.39. The van der Waals surface area contributed by atoms with Crippen LogP contribution in [0.25, 0.3) is 0 Å². The molecule has 1 aromatic carbocycles. The molecule has 6 heteroatoms. The quantitative estimate of drug-likeness (QED) is 0.799. The van der Waals surface area contributed by atoms with Gasteiger partial charge in [0.25, 0.3) is 0 Å². The molecule has 1 heterocycles. The monoisotopic (exact) mass is 282 g/mol. The third kappa shape index (κ3) is 3.12. The number of rotatable bonds is 4. The van der Waals surface area contributed by atoms with Crippen molar-refractivity contribution in [3.05, 3.63) is 34.9 Å². The van der Waals surface area contributed by atoms with Crippen molar-refractivity contribution in [3.63, 3.8) is 0 Å². The maximum absolute atomic E-state index is 11.7. The predicted molar refractivity (Wildman–Crippen MR) is 70.6 cm³/mol. The lowest BCUT2D eigenvalue weighted by atomic mass is 10.1. The molecule has 1 saturated heterocycles. The number of aliphatic hydroxyl groups is 1. The second-order valence-electron chi connectivity index (χ2n) is 4.52. The number of carbonyl (C=O) groups is 2. The van der Waals surface area contributed by atoms with E-state index in [1.807, 2.05) is 0 Å². The molecule has 0 spiro atoms. The number of amides is 2. The summed E-state index contributed by atoms with van der Waals surface area (Å²) in [5.41, 5.74) is 0.710. The van der Waals surface area contributed by atoms with Crippen molar-refractivity contribution in [2.75, 3.05) is 13.6 Å². The first-order valence-electron chi connectivity index (χ1n) is 5.96. The van der Waals surface area contributed by atoms with Crippen molar-refractivity contribution in [1.82, 2.24) is 10.2 Å². The highest BCUT2D eigenvalue weighted by molar-refractivity contribution is 6.30. The molecule has 1 aromatic rings. The van der Waals surface area contributed by atoms with Crippen molar-refractivity contribution in [3.8, 4) is 0 Å². The van der Waals surface area contributed by atoms with Crippen LogP contribution in [0.4, 0.5) is 0 Å². The SMILES string of the molecule is CN1C(=O)CC(NCC(O)c2ccc(Cl)cc2)C1=O. The molecule has 102 valence electrons. The van der Waals surface area contributed by atoms with Gasteiger partial charge in [-0.05, 0) is 17.7 Å². The van der Waals surface area contributed by atoms with Crippen LogP contribution in [0.15, 0.2) is 24.3 Å². The summed E-state index contributed by atoms with van der Waals surface area (Å²) in [5.74, 6) is -0.461. The van der Waals surface area contributed by atoms with Gasteiger partial charge in [-0.1, -0.05) is 23.7 Å². The van der Waals surface area contributed by atoms with Crippen molar-refractivity contribution in [2.24, 2.45) is 0 Å². The van der Waals surface area contributed by atoms with E-state index < -0.39 is 12.1 Å². The first kappa shape index (κ1) is 14.0. The Kier molecular flexibility index (Phi) is 4.19. The smallest absolute Gasteiger partial charge is 0.246 e. The molecule has 2 amide bonds. The van der Waals surface area contributed by atoms with Gasteiger partial charge in [0, 0.05) is 18.6 Å². The Labute approximate surface area is 116 Å². The Bertz CT molecular complexity index is 489. The number of imide groups is 1. The lowest BCUT2D eigenvalue weighted by molar-refractivity contribution is -0.137. The number of nitrogens with one attached hydrogen (secondary N) is 1. The highest BCUT2D eigenvalue weighted by Gasteiger charge is 2.35. The molecule has 1 aliphatic heterocycles. The topological polar surface area (TPSA) is 69.6 Å². The summed E-state index contributed by atoms with van der Waals surface area (Å²) in [7, 11) is 1.46. The molecule has 2 unspecified atom stereocenters. The van der Waals surface area contributed by atoms with Crippen LogP contribution in [-0.2, 0) is 9.59 Å². The number of likely N-dealkylation sites (tertiary alicyclic amines) is 1. The standard InChI is InChI=1S/C13H15ClN2O3/c1-16-12(18)6-10(13(16)19)15-7-11(17)8-2-4-9(14)5-3-8/h2-5,10-11,15,17H,6-7H2,1H3. The summed E-state index contributed by atoms with van der Waals surface area (Å²) in [6.45, 7) is 0.207. The molecule has 5 nitrogen and oxygen atoms in total. The summed E-state index contributed by atoms with van der Waals surface area (Å²) in [6, 6.07) is 6.29. The van der Waals surface area contributed by atoms with E-state index in [2.05, 4.69) is 5.32 Å². The Hall–Kier alpha value is -1.43. The molecule has 0 bridgehead atoms. The summed E-state index contributed by atoms with van der Waals surface area (Å²) < 4.78 is 0. The van der Waals surface area contributed by atoms with Crippen LogP contribution < -0.4 is 5.32 Å². The van der Waals surface area contributed by atoms with Gasteiger partial charge >= 0.3 is 0 Å². The van der Waals surface area contributed by atoms with Crippen LogP contribution in [-0.4, -0.2) is 41.5 Å². The van der Waals surface area contributed by atoms with E-state index in [1.54, 1.807) is 24.3 Å². The maximum atomic E-state index is 11.7. The maximum Gasteiger partial charge on any atom is 0.246 e. The second-order valence-corrected chi connectivity index (χ2v) is 4.96. The highest BCUT2D eigenvalue weighted by atomic mass is 35.5. The van der Waals surface area contributed by atoms with Crippen LogP contribution in [0.5, 0.6) is 0 Å². The fourth-order valence-electron chi connectivity index (χ4n) is 1.97. The van der Waals surface area contributed by atoms with E-state index >= 15 is 0 Å². The minimum Gasteiger partial charge on any atom is -0.387 e. The fourth-order valence-corrected chi connectivity index (χ4v) is 2.10. The van der Waals surface area contributed by atoms with Crippen LogP contribution in [0.1, 0.15) is 18.1 Å². The van der Waals surface area contributed by atoms with E-state index in [0.717, 1.165) is 4.90 Å². The third-order valence-electron chi connectivity index (χ3n) is 3.19. The first-order valence-corrected chi connectivity index (χ1v) is 6.34. The molecule has 1 aliphatic rings. The van der Waals surface area contributed by atoms with Crippen molar-refractivity contribution in [1.29, 1.82) is 0 Å². The van der Waals surface area contributed by atoms with Gasteiger partial charge in [-0.2, -0.15) is 0 Å². The summed E-state index contributed by atoms with van der Waals surface area (Å²) >= 11 is 5.76. The minimum absolute atomic E-state index is 0.142. The zero-order chi connectivity index (χ0) is 14.0. The van der Waals surface area contributed by atoms with E-state index in [4.69, 9.17) is 11.6 Å².